The normalized spacial score (nSPS) is 24.2. The van der Waals surface area contributed by atoms with Crippen LogP contribution in [0, 0.1) is 5.92 Å². The van der Waals surface area contributed by atoms with E-state index < -0.39 is 0 Å². The van der Waals surface area contributed by atoms with Crippen molar-refractivity contribution in [3.63, 3.8) is 0 Å². The minimum atomic E-state index is -0.298. The van der Waals surface area contributed by atoms with Crippen molar-refractivity contribution in [1.82, 2.24) is 5.32 Å². The highest BCUT2D eigenvalue weighted by Gasteiger charge is 2.28. The van der Waals surface area contributed by atoms with Gasteiger partial charge in [0.15, 0.2) is 0 Å². The van der Waals surface area contributed by atoms with Crippen LogP contribution in [-0.2, 0) is 20.7 Å². The summed E-state index contributed by atoms with van der Waals surface area (Å²) in [5.41, 5.74) is 3.67. The van der Waals surface area contributed by atoms with Gasteiger partial charge < -0.3 is 14.8 Å². The Morgan fingerprint density at radius 2 is 1.81 bits per heavy atom. The molecule has 1 heterocycles. The topological polar surface area (TPSA) is 47.6 Å². The molecular formula is C22H27NO3. The lowest BCUT2D eigenvalue weighted by Crippen LogP contribution is -2.38. The number of carbonyl (C=O) groups is 1. The third-order valence-corrected chi connectivity index (χ3v) is 5.07. The molecule has 1 N–H and O–H groups in total. The summed E-state index contributed by atoms with van der Waals surface area (Å²) < 4.78 is 11.6. The molecule has 0 spiro atoms. The number of carbonyl (C=O) groups excluding carboxylic acids is 1. The van der Waals surface area contributed by atoms with Crippen LogP contribution in [-0.4, -0.2) is 38.4 Å². The molecule has 0 bridgehead atoms. The van der Waals surface area contributed by atoms with Crippen LogP contribution < -0.4 is 5.32 Å². The third-order valence-electron chi connectivity index (χ3n) is 5.07. The van der Waals surface area contributed by atoms with Gasteiger partial charge in [0.2, 0.25) is 0 Å². The number of rotatable bonds is 4. The lowest BCUT2D eigenvalue weighted by atomic mass is 9.90. The SMILES string of the molecule is CN[C@H]1CCOC[C@@H](Cc2ccccc2-c2ccccc2)[C@H](C)OC1=O. The quantitative estimate of drug-likeness (QED) is 0.855. The van der Waals surface area contributed by atoms with E-state index in [1.54, 1.807) is 7.05 Å². The summed E-state index contributed by atoms with van der Waals surface area (Å²) in [6, 6.07) is 18.5. The number of nitrogens with one attached hydrogen (secondary N) is 1. The number of benzene rings is 2. The molecule has 1 aliphatic heterocycles. The Bertz CT molecular complexity index is 716. The van der Waals surface area contributed by atoms with Gasteiger partial charge >= 0.3 is 5.97 Å². The first-order chi connectivity index (χ1) is 12.7. The van der Waals surface area contributed by atoms with Crippen molar-refractivity contribution in [3.8, 4) is 11.1 Å². The Kier molecular flexibility index (Phi) is 6.42. The van der Waals surface area contributed by atoms with E-state index >= 15 is 0 Å². The summed E-state index contributed by atoms with van der Waals surface area (Å²) >= 11 is 0. The maximum Gasteiger partial charge on any atom is 0.323 e. The Labute approximate surface area is 155 Å². The molecule has 0 saturated carbocycles. The van der Waals surface area contributed by atoms with Crippen LogP contribution in [0.5, 0.6) is 0 Å². The molecule has 0 aromatic heterocycles. The summed E-state index contributed by atoms with van der Waals surface area (Å²) in [6.07, 6.45) is 1.25. The fourth-order valence-corrected chi connectivity index (χ4v) is 3.42. The minimum absolute atomic E-state index is 0.124. The van der Waals surface area contributed by atoms with Gasteiger partial charge in [0, 0.05) is 12.5 Å². The first-order valence-corrected chi connectivity index (χ1v) is 9.28. The molecule has 2 aromatic rings. The average molecular weight is 353 g/mol. The summed E-state index contributed by atoms with van der Waals surface area (Å²) in [5, 5.41) is 3.01. The van der Waals surface area contributed by atoms with Gasteiger partial charge in [0.1, 0.15) is 12.1 Å². The molecule has 4 nitrogen and oxygen atoms in total. The highest BCUT2D eigenvalue weighted by atomic mass is 16.5. The zero-order valence-electron chi connectivity index (χ0n) is 15.5. The van der Waals surface area contributed by atoms with E-state index in [0.717, 1.165) is 6.42 Å². The largest absolute Gasteiger partial charge is 0.461 e. The highest BCUT2D eigenvalue weighted by Crippen LogP contribution is 2.27. The van der Waals surface area contributed by atoms with Crippen LogP contribution in [0.4, 0.5) is 0 Å². The molecule has 4 heteroatoms. The molecule has 1 aliphatic rings. The molecule has 138 valence electrons. The standard InChI is InChI=1S/C22H27NO3/c1-16-19(15-25-13-12-21(23-2)22(24)26-16)14-18-10-6-7-11-20(18)17-8-4-3-5-9-17/h3-11,16,19,21,23H,12-15H2,1-2H3/t16-,19+,21-/m0/s1. The van der Waals surface area contributed by atoms with Crippen molar-refractivity contribution < 1.29 is 14.3 Å². The smallest absolute Gasteiger partial charge is 0.323 e. The second-order valence-corrected chi connectivity index (χ2v) is 6.83. The molecule has 1 fully saturated rings. The van der Waals surface area contributed by atoms with Crippen molar-refractivity contribution in [1.29, 1.82) is 0 Å². The van der Waals surface area contributed by atoms with E-state index in [9.17, 15) is 4.79 Å². The molecule has 0 amide bonds. The van der Waals surface area contributed by atoms with Crippen molar-refractivity contribution in [2.45, 2.75) is 31.9 Å². The third kappa shape index (κ3) is 4.51. The van der Waals surface area contributed by atoms with E-state index in [4.69, 9.17) is 9.47 Å². The van der Waals surface area contributed by atoms with Gasteiger partial charge in [-0.2, -0.15) is 0 Å². The first kappa shape index (κ1) is 18.6. The predicted octanol–water partition coefficient (Wildman–Crippen LogP) is 3.45. The minimum Gasteiger partial charge on any atom is -0.461 e. The van der Waals surface area contributed by atoms with Gasteiger partial charge in [-0.05, 0) is 43.5 Å². The van der Waals surface area contributed by atoms with Gasteiger partial charge in [-0.25, -0.2) is 0 Å². The fourth-order valence-electron chi connectivity index (χ4n) is 3.42. The van der Waals surface area contributed by atoms with Crippen LogP contribution >= 0.6 is 0 Å². The van der Waals surface area contributed by atoms with Crippen molar-refractivity contribution >= 4 is 5.97 Å². The lowest BCUT2D eigenvalue weighted by molar-refractivity contribution is -0.153. The van der Waals surface area contributed by atoms with Crippen LogP contribution in [0.2, 0.25) is 0 Å². The van der Waals surface area contributed by atoms with E-state index in [-0.39, 0.29) is 24.0 Å². The molecule has 26 heavy (non-hydrogen) atoms. The maximum atomic E-state index is 12.3. The van der Waals surface area contributed by atoms with Crippen molar-refractivity contribution in [3.05, 3.63) is 60.2 Å². The Morgan fingerprint density at radius 3 is 2.58 bits per heavy atom. The van der Waals surface area contributed by atoms with Gasteiger partial charge in [-0.3, -0.25) is 4.79 Å². The summed E-state index contributed by atoms with van der Waals surface area (Å²) in [6.45, 7) is 3.12. The summed E-state index contributed by atoms with van der Waals surface area (Å²) in [5.74, 6) is -0.0636. The van der Waals surface area contributed by atoms with Crippen LogP contribution in [0.15, 0.2) is 54.6 Å². The summed E-state index contributed by atoms with van der Waals surface area (Å²) in [4.78, 5) is 12.3. The highest BCUT2D eigenvalue weighted by molar-refractivity contribution is 5.76. The van der Waals surface area contributed by atoms with Crippen LogP contribution in [0.3, 0.4) is 0 Å². The predicted molar refractivity (Wildman–Crippen MR) is 103 cm³/mol. The summed E-state index contributed by atoms with van der Waals surface area (Å²) in [7, 11) is 1.78. The maximum absolute atomic E-state index is 12.3. The molecule has 3 atom stereocenters. The molecule has 0 unspecified atom stereocenters. The molecule has 2 aromatic carbocycles. The number of cyclic esters (lactones) is 1. The Morgan fingerprint density at radius 1 is 1.08 bits per heavy atom. The zero-order chi connectivity index (χ0) is 18.4. The Hall–Kier alpha value is -2.17. The van der Waals surface area contributed by atoms with Crippen LogP contribution in [0.1, 0.15) is 18.9 Å². The number of hydrogen-bond acceptors (Lipinski definition) is 4. The molecule has 3 rings (SSSR count). The van der Waals surface area contributed by atoms with Crippen molar-refractivity contribution in [2.75, 3.05) is 20.3 Å². The zero-order valence-corrected chi connectivity index (χ0v) is 15.5. The average Bonchev–Trinajstić information content (AvgIpc) is 2.73. The van der Waals surface area contributed by atoms with Gasteiger partial charge in [0.05, 0.1) is 6.61 Å². The Balaban J connectivity index is 1.80. The van der Waals surface area contributed by atoms with Crippen molar-refractivity contribution in [2.24, 2.45) is 5.92 Å². The van der Waals surface area contributed by atoms with Gasteiger partial charge in [-0.15, -0.1) is 0 Å². The van der Waals surface area contributed by atoms with E-state index in [1.807, 2.05) is 13.0 Å². The van der Waals surface area contributed by atoms with Crippen LogP contribution in [0.25, 0.3) is 11.1 Å². The number of hydrogen-bond donors (Lipinski definition) is 1. The molecular weight excluding hydrogens is 326 g/mol. The molecule has 0 radical (unpaired) electrons. The number of ether oxygens (including phenoxy) is 2. The number of likely N-dealkylation sites (N-methyl/N-ethyl adjacent to an activating group) is 1. The van der Waals surface area contributed by atoms with E-state index in [1.165, 1.54) is 16.7 Å². The van der Waals surface area contributed by atoms with E-state index in [0.29, 0.717) is 19.6 Å². The first-order valence-electron chi connectivity index (χ1n) is 9.28. The fraction of sp³-hybridized carbons (Fsp3) is 0.409. The van der Waals surface area contributed by atoms with Gasteiger partial charge in [0.25, 0.3) is 0 Å². The van der Waals surface area contributed by atoms with Gasteiger partial charge in [-0.1, -0.05) is 54.6 Å². The van der Waals surface area contributed by atoms with E-state index in [2.05, 4.69) is 53.8 Å². The second kappa shape index (κ2) is 8.97. The number of esters is 1. The second-order valence-electron chi connectivity index (χ2n) is 6.83. The molecule has 0 aliphatic carbocycles. The monoisotopic (exact) mass is 353 g/mol. The lowest BCUT2D eigenvalue weighted by Gasteiger charge is -2.25. The molecule has 1 saturated heterocycles.